The van der Waals surface area contributed by atoms with E-state index < -0.39 is 0 Å². The van der Waals surface area contributed by atoms with Crippen LogP contribution in [0.5, 0.6) is 11.5 Å². The van der Waals surface area contributed by atoms with Crippen LogP contribution in [0.1, 0.15) is 33.5 Å². The van der Waals surface area contributed by atoms with Gasteiger partial charge in [-0.1, -0.05) is 30.3 Å². The van der Waals surface area contributed by atoms with Gasteiger partial charge < -0.3 is 9.47 Å². The van der Waals surface area contributed by atoms with Crippen molar-refractivity contribution in [1.82, 2.24) is 4.98 Å². The van der Waals surface area contributed by atoms with Gasteiger partial charge in [-0.05, 0) is 24.6 Å². The second-order valence-electron chi connectivity index (χ2n) is 5.60. The highest BCUT2D eigenvalue weighted by Crippen LogP contribution is 2.26. The maximum absolute atomic E-state index is 11.8. The number of hydrogen-bond donors (Lipinski definition) is 0. The van der Waals surface area contributed by atoms with Gasteiger partial charge in [0.15, 0.2) is 5.78 Å². The molecule has 3 aromatic rings. The molecule has 0 aliphatic heterocycles. The molecule has 0 amide bonds. The zero-order valence-electron chi connectivity index (χ0n) is 14.2. The smallest absolute Gasteiger partial charge is 0.163 e. The van der Waals surface area contributed by atoms with Crippen molar-refractivity contribution in [1.29, 1.82) is 0 Å². The van der Waals surface area contributed by atoms with Crippen molar-refractivity contribution >= 4 is 17.1 Å². The van der Waals surface area contributed by atoms with Gasteiger partial charge in [0.2, 0.25) is 0 Å². The van der Waals surface area contributed by atoms with Crippen molar-refractivity contribution in [3.8, 4) is 11.5 Å². The van der Waals surface area contributed by atoms with E-state index in [-0.39, 0.29) is 5.78 Å². The summed E-state index contributed by atoms with van der Waals surface area (Å²) in [5, 5.41) is 3.04. The van der Waals surface area contributed by atoms with Crippen molar-refractivity contribution in [3.05, 3.63) is 75.7 Å². The van der Waals surface area contributed by atoms with Gasteiger partial charge in [0.1, 0.15) is 18.1 Å². The van der Waals surface area contributed by atoms with E-state index in [0.717, 1.165) is 17.1 Å². The van der Waals surface area contributed by atoms with E-state index in [4.69, 9.17) is 9.47 Å². The molecule has 3 rings (SSSR count). The van der Waals surface area contributed by atoms with E-state index >= 15 is 0 Å². The third kappa shape index (κ3) is 4.45. The number of ketones is 1. The van der Waals surface area contributed by atoms with Gasteiger partial charge in [-0.2, -0.15) is 0 Å². The normalized spacial score (nSPS) is 10.5. The molecular weight excluding hydrogens is 334 g/mol. The monoisotopic (exact) mass is 353 g/mol. The van der Waals surface area contributed by atoms with Crippen molar-refractivity contribution < 1.29 is 14.3 Å². The van der Waals surface area contributed by atoms with Crippen molar-refractivity contribution in [3.63, 3.8) is 0 Å². The standard InChI is InChI=1S/C20H19NO3S/c1-14(22)18-9-8-17(23-2)11-19(18)24-12-16-13-25-20(21-16)10-15-6-4-3-5-7-15/h3-9,11,13H,10,12H2,1-2H3. The Hall–Kier alpha value is -2.66. The van der Waals surface area contributed by atoms with Crippen LogP contribution in [0, 0.1) is 0 Å². The molecular formula is C20H19NO3S. The summed E-state index contributed by atoms with van der Waals surface area (Å²) in [6.45, 7) is 1.84. The van der Waals surface area contributed by atoms with Gasteiger partial charge in [-0.15, -0.1) is 11.3 Å². The molecule has 2 aromatic carbocycles. The first kappa shape index (κ1) is 17.2. The molecule has 1 heterocycles. The lowest BCUT2D eigenvalue weighted by molar-refractivity contribution is 0.101. The van der Waals surface area contributed by atoms with E-state index in [1.165, 1.54) is 12.5 Å². The van der Waals surface area contributed by atoms with Crippen molar-refractivity contribution in [2.24, 2.45) is 0 Å². The molecule has 0 saturated heterocycles. The molecule has 0 atom stereocenters. The fourth-order valence-electron chi connectivity index (χ4n) is 2.46. The number of ether oxygens (including phenoxy) is 2. The molecule has 0 aliphatic carbocycles. The van der Waals surface area contributed by atoms with E-state index in [9.17, 15) is 4.79 Å². The van der Waals surface area contributed by atoms with E-state index in [2.05, 4.69) is 17.1 Å². The van der Waals surface area contributed by atoms with E-state index in [0.29, 0.717) is 23.7 Å². The van der Waals surface area contributed by atoms with Crippen molar-refractivity contribution in [2.75, 3.05) is 7.11 Å². The zero-order valence-corrected chi connectivity index (χ0v) is 15.0. The van der Waals surface area contributed by atoms with Crippen LogP contribution in [0.25, 0.3) is 0 Å². The summed E-state index contributed by atoms with van der Waals surface area (Å²) in [6, 6.07) is 15.4. The summed E-state index contributed by atoms with van der Waals surface area (Å²) in [7, 11) is 1.59. The Balaban J connectivity index is 1.69. The Morgan fingerprint density at radius 2 is 1.96 bits per heavy atom. The number of aromatic nitrogens is 1. The number of rotatable bonds is 7. The molecule has 0 spiro atoms. The van der Waals surface area contributed by atoms with Gasteiger partial charge in [-0.25, -0.2) is 4.98 Å². The minimum atomic E-state index is -0.0410. The lowest BCUT2D eigenvalue weighted by Crippen LogP contribution is -2.02. The highest BCUT2D eigenvalue weighted by Gasteiger charge is 2.11. The molecule has 0 fully saturated rings. The quantitative estimate of drug-likeness (QED) is 0.586. The molecule has 0 saturated carbocycles. The third-order valence-corrected chi connectivity index (χ3v) is 4.64. The summed E-state index contributed by atoms with van der Waals surface area (Å²) in [5.41, 5.74) is 2.63. The summed E-state index contributed by atoms with van der Waals surface area (Å²) in [5.74, 6) is 1.13. The highest BCUT2D eigenvalue weighted by molar-refractivity contribution is 7.09. The number of nitrogens with zero attached hydrogens (tertiary/aromatic N) is 1. The predicted octanol–water partition coefficient (Wildman–Crippen LogP) is 4.52. The summed E-state index contributed by atoms with van der Waals surface area (Å²) >= 11 is 1.61. The minimum absolute atomic E-state index is 0.0410. The number of Topliss-reactive ketones (excluding diaryl/α,β-unsaturated/α-hetero) is 1. The molecule has 0 bridgehead atoms. The maximum Gasteiger partial charge on any atom is 0.163 e. The number of hydrogen-bond acceptors (Lipinski definition) is 5. The van der Waals surface area contributed by atoms with Gasteiger partial charge >= 0.3 is 0 Å². The Morgan fingerprint density at radius 3 is 2.68 bits per heavy atom. The first-order valence-corrected chi connectivity index (χ1v) is 8.82. The van der Waals surface area contributed by atoms with Crippen LogP contribution in [-0.2, 0) is 13.0 Å². The fourth-order valence-corrected chi connectivity index (χ4v) is 3.27. The molecule has 1 aromatic heterocycles. The van der Waals surface area contributed by atoms with E-state index in [1.807, 2.05) is 23.6 Å². The Kier molecular flexibility index (Phi) is 5.46. The third-order valence-electron chi connectivity index (χ3n) is 3.74. The van der Waals surface area contributed by atoms with E-state index in [1.54, 1.807) is 36.6 Å². The topological polar surface area (TPSA) is 48.4 Å². The highest BCUT2D eigenvalue weighted by atomic mass is 32.1. The van der Waals surface area contributed by atoms with Crippen LogP contribution in [0.3, 0.4) is 0 Å². The SMILES string of the molecule is COc1ccc(C(C)=O)c(OCc2csc(Cc3ccccc3)n2)c1. The molecule has 0 N–H and O–H groups in total. The first-order chi connectivity index (χ1) is 12.2. The number of carbonyl (C=O) groups is 1. The molecule has 0 unspecified atom stereocenters. The average Bonchev–Trinajstić information content (AvgIpc) is 3.07. The second-order valence-corrected chi connectivity index (χ2v) is 6.54. The van der Waals surface area contributed by atoms with Crippen LogP contribution in [-0.4, -0.2) is 17.9 Å². The fraction of sp³-hybridized carbons (Fsp3) is 0.200. The second kappa shape index (κ2) is 7.94. The van der Waals surface area contributed by atoms with Crippen LogP contribution < -0.4 is 9.47 Å². The molecule has 0 radical (unpaired) electrons. The van der Waals surface area contributed by atoms with Crippen LogP contribution >= 0.6 is 11.3 Å². The minimum Gasteiger partial charge on any atom is -0.497 e. The number of methoxy groups -OCH3 is 1. The Labute approximate surface area is 151 Å². The number of thiazole rings is 1. The van der Waals surface area contributed by atoms with Crippen LogP contribution in [0.15, 0.2) is 53.9 Å². The molecule has 128 valence electrons. The van der Waals surface area contributed by atoms with Crippen molar-refractivity contribution in [2.45, 2.75) is 20.0 Å². The van der Waals surface area contributed by atoms with Crippen LogP contribution in [0.2, 0.25) is 0 Å². The molecule has 25 heavy (non-hydrogen) atoms. The summed E-state index contributed by atoms with van der Waals surface area (Å²) in [6.07, 6.45) is 0.809. The average molecular weight is 353 g/mol. The molecule has 0 aliphatic rings. The summed E-state index contributed by atoms with van der Waals surface area (Å²) in [4.78, 5) is 16.4. The molecule has 4 nitrogen and oxygen atoms in total. The van der Waals surface area contributed by atoms with Gasteiger partial charge in [0.05, 0.1) is 23.4 Å². The first-order valence-electron chi connectivity index (χ1n) is 7.94. The Morgan fingerprint density at radius 1 is 1.16 bits per heavy atom. The van der Waals surface area contributed by atoms with Gasteiger partial charge in [0.25, 0.3) is 0 Å². The number of carbonyl (C=O) groups excluding carboxylic acids is 1. The van der Waals surface area contributed by atoms with Gasteiger partial charge in [0, 0.05) is 17.9 Å². The largest absolute Gasteiger partial charge is 0.497 e. The predicted molar refractivity (Wildman–Crippen MR) is 98.7 cm³/mol. The summed E-state index contributed by atoms with van der Waals surface area (Å²) < 4.78 is 11.0. The zero-order chi connectivity index (χ0) is 17.6. The number of benzene rings is 2. The lowest BCUT2D eigenvalue weighted by atomic mass is 10.1. The lowest BCUT2D eigenvalue weighted by Gasteiger charge is -2.10. The van der Waals surface area contributed by atoms with Gasteiger partial charge in [-0.3, -0.25) is 4.79 Å². The van der Waals surface area contributed by atoms with Crippen LogP contribution in [0.4, 0.5) is 0 Å². The Bertz CT molecular complexity index is 858. The molecule has 5 heteroatoms. The maximum atomic E-state index is 11.8.